The molecular formula is C9H12N2S-2. The number of hydrogen-bond acceptors (Lipinski definition) is 3. The highest BCUT2D eigenvalue weighted by Gasteiger charge is 2.10. The molecule has 12 heavy (non-hydrogen) atoms. The van der Waals surface area contributed by atoms with E-state index in [0.29, 0.717) is 6.04 Å². The van der Waals surface area contributed by atoms with E-state index in [-0.39, 0.29) is 0 Å². The van der Waals surface area contributed by atoms with E-state index in [9.17, 15) is 0 Å². The Morgan fingerprint density at radius 3 is 3.33 bits per heavy atom. The topological polar surface area (TPSA) is 15.6 Å². The molecule has 2 rings (SSSR count). The lowest BCUT2D eigenvalue weighted by atomic mass is 10.1. The molecular weight excluding hydrogens is 168 g/mol. The van der Waals surface area contributed by atoms with E-state index in [4.69, 9.17) is 0 Å². The number of rotatable bonds is 1. The second kappa shape index (κ2) is 3.07. The summed E-state index contributed by atoms with van der Waals surface area (Å²) in [6, 6.07) is 1.78. The maximum absolute atomic E-state index is 4.32. The van der Waals surface area contributed by atoms with Crippen molar-refractivity contribution in [3.63, 3.8) is 0 Å². The molecule has 0 N–H and O–H groups in total. The van der Waals surface area contributed by atoms with Gasteiger partial charge in [-0.2, -0.15) is 0 Å². The van der Waals surface area contributed by atoms with Gasteiger partial charge in [-0.05, 0) is 12.6 Å². The summed E-state index contributed by atoms with van der Waals surface area (Å²) in [5.41, 5.74) is 1.92. The molecule has 0 aliphatic carbocycles. The van der Waals surface area contributed by atoms with Crippen molar-refractivity contribution in [2.24, 2.45) is 4.99 Å². The van der Waals surface area contributed by atoms with Crippen LogP contribution in [0, 0.1) is 12.6 Å². The first-order valence-electron chi connectivity index (χ1n) is 4.13. The summed E-state index contributed by atoms with van der Waals surface area (Å²) in [4.78, 5) is 7.92. The van der Waals surface area contributed by atoms with Crippen LogP contribution in [-0.2, 0) is 0 Å². The lowest BCUT2D eigenvalue weighted by Gasteiger charge is -2.44. The molecule has 0 fully saturated rings. The molecule has 2 heterocycles. The van der Waals surface area contributed by atoms with Gasteiger partial charge in [-0.15, -0.1) is 6.04 Å². The maximum atomic E-state index is 4.32. The third kappa shape index (κ3) is 1.34. The molecule has 0 bridgehead atoms. The molecule has 0 saturated carbocycles. The molecule has 0 atom stereocenters. The summed E-state index contributed by atoms with van der Waals surface area (Å²) in [5.74, 6) is 0. The van der Waals surface area contributed by atoms with Crippen molar-refractivity contribution in [1.82, 2.24) is 4.90 Å². The zero-order valence-electron chi connectivity index (χ0n) is 7.32. The number of hydrogen-bond donors (Lipinski definition) is 0. The van der Waals surface area contributed by atoms with Gasteiger partial charge in [0.1, 0.15) is 0 Å². The summed E-state index contributed by atoms with van der Waals surface area (Å²) in [7, 11) is 0. The molecule has 0 amide bonds. The lowest BCUT2D eigenvalue weighted by Crippen LogP contribution is -2.33. The number of thioether (sulfide) groups is 1. The van der Waals surface area contributed by atoms with E-state index in [1.54, 1.807) is 11.8 Å². The van der Waals surface area contributed by atoms with Crippen LogP contribution in [0.1, 0.15) is 13.8 Å². The second-order valence-corrected chi connectivity index (χ2v) is 4.13. The van der Waals surface area contributed by atoms with Crippen molar-refractivity contribution in [2.75, 3.05) is 6.54 Å². The van der Waals surface area contributed by atoms with Crippen molar-refractivity contribution in [2.45, 2.75) is 19.9 Å². The van der Waals surface area contributed by atoms with Crippen LogP contribution in [0.3, 0.4) is 0 Å². The predicted octanol–water partition coefficient (Wildman–Crippen LogP) is 2.06. The Morgan fingerprint density at radius 1 is 1.75 bits per heavy atom. The van der Waals surface area contributed by atoms with Crippen LogP contribution >= 0.6 is 11.8 Å². The molecule has 66 valence electrons. The summed E-state index contributed by atoms with van der Waals surface area (Å²) >= 11 is 1.71. The number of fused-ring (bicyclic) bond motifs is 1. The Balaban J connectivity index is 2.08. The second-order valence-electron chi connectivity index (χ2n) is 3.25. The van der Waals surface area contributed by atoms with Crippen LogP contribution in [0.4, 0.5) is 0 Å². The molecule has 0 radical (unpaired) electrons. The Morgan fingerprint density at radius 2 is 2.58 bits per heavy atom. The molecule has 2 aliphatic rings. The third-order valence-electron chi connectivity index (χ3n) is 2.09. The standard InChI is InChI=1S/C9H12N2S/c1-7(2)11-4-3-9-8(5-11)10-6-12-9/h3-4,6-7H,5H2,1-2H3/q-2. The quantitative estimate of drug-likeness (QED) is 0.574. The van der Waals surface area contributed by atoms with Gasteiger partial charge in [0.25, 0.3) is 0 Å². The van der Waals surface area contributed by atoms with E-state index >= 15 is 0 Å². The van der Waals surface area contributed by atoms with Crippen LogP contribution in [0.15, 0.2) is 16.0 Å². The Bertz CT molecular complexity index is 233. The molecule has 0 spiro atoms. The van der Waals surface area contributed by atoms with Crippen molar-refractivity contribution in [3.05, 3.63) is 23.6 Å². The summed E-state index contributed by atoms with van der Waals surface area (Å²) < 4.78 is 0. The minimum absolute atomic E-state index is 0.566. The molecule has 2 aliphatic heterocycles. The normalized spacial score (nSPS) is 22.6. The largest absolute Gasteiger partial charge is 0.397 e. The van der Waals surface area contributed by atoms with Gasteiger partial charge in [0.15, 0.2) is 0 Å². The van der Waals surface area contributed by atoms with Crippen LogP contribution in [-0.4, -0.2) is 23.0 Å². The minimum Gasteiger partial charge on any atom is -0.397 e. The van der Waals surface area contributed by atoms with E-state index < -0.39 is 0 Å². The smallest absolute Gasteiger partial charge is 0.00976 e. The first-order chi connectivity index (χ1) is 5.77. The van der Waals surface area contributed by atoms with Gasteiger partial charge >= 0.3 is 0 Å². The molecule has 0 saturated heterocycles. The molecule has 0 aromatic rings. The Labute approximate surface area is 77.7 Å². The predicted molar refractivity (Wildman–Crippen MR) is 53.6 cm³/mol. The molecule has 0 aromatic carbocycles. The maximum Gasteiger partial charge on any atom is -0.00976 e. The van der Waals surface area contributed by atoms with Gasteiger partial charge in [0, 0.05) is 0 Å². The summed E-state index contributed by atoms with van der Waals surface area (Å²) in [6.07, 6.45) is 2.15. The minimum atomic E-state index is 0.566. The Kier molecular flexibility index (Phi) is 2.07. The highest BCUT2D eigenvalue weighted by molar-refractivity contribution is 8.15. The first-order valence-corrected chi connectivity index (χ1v) is 5.01. The SMILES string of the molecule is CC(C)N1[CH-]C=C2SC=N[C-]2C1. The summed E-state index contributed by atoms with van der Waals surface area (Å²) in [6.45, 7) is 7.52. The van der Waals surface area contributed by atoms with E-state index in [1.165, 1.54) is 10.9 Å². The first kappa shape index (κ1) is 8.08. The molecule has 3 heteroatoms. The van der Waals surface area contributed by atoms with Crippen LogP contribution in [0.2, 0.25) is 0 Å². The van der Waals surface area contributed by atoms with E-state index in [0.717, 1.165) is 6.54 Å². The van der Waals surface area contributed by atoms with Crippen molar-refractivity contribution in [3.8, 4) is 0 Å². The summed E-state index contributed by atoms with van der Waals surface area (Å²) in [5, 5.41) is 0. The van der Waals surface area contributed by atoms with Crippen molar-refractivity contribution in [1.29, 1.82) is 0 Å². The fourth-order valence-corrected chi connectivity index (χ4v) is 1.96. The fraction of sp³-hybridized carbons (Fsp3) is 0.444. The fourth-order valence-electron chi connectivity index (χ4n) is 1.28. The Hall–Kier alpha value is -0.540. The van der Waals surface area contributed by atoms with Gasteiger partial charge in [-0.25, -0.2) is 11.4 Å². The van der Waals surface area contributed by atoms with Crippen LogP contribution in [0.25, 0.3) is 0 Å². The van der Waals surface area contributed by atoms with E-state index in [2.05, 4.69) is 36.4 Å². The lowest BCUT2D eigenvalue weighted by molar-refractivity contribution is 0.292. The van der Waals surface area contributed by atoms with Gasteiger partial charge in [0.05, 0.1) is 0 Å². The zero-order valence-corrected chi connectivity index (χ0v) is 8.14. The number of nitrogens with zero attached hydrogens (tertiary/aromatic N) is 2. The van der Waals surface area contributed by atoms with E-state index in [1.807, 2.05) is 5.55 Å². The average Bonchev–Trinajstić information content (AvgIpc) is 2.49. The highest BCUT2D eigenvalue weighted by atomic mass is 32.2. The zero-order chi connectivity index (χ0) is 8.55. The highest BCUT2D eigenvalue weighted by Crippen LogP contribution is 2.36. The third-order valence-corrected chi connectivity index (χ3v) is 2.92. The van der Waals surface area contributed by atoms with Gasteiger partial charge < -0.3 is 9.89 Å². The number of aliphatic imine (C=N–C) groups is 1. The van der Waals surface area contributed by atoms with Gasteiger partial charge in [-0.1, -0.05) is 19.4 Å². The van der Waals surface area contributed by atoms with Crippen molar-refractivity contribution < 1.29 is 0 Å². The molecule has 0 aromatic heterocycles. The van der Waals surface area contributed by atoms with Gasteiger partial charge in [0.2, 0.25) is 0 Å². The van der Waals surface area contributed by atoms with Crippen LogP contribution in [0.5, 0.6) is 0 Å². The average molecular weight is 180 g/mol. The van der Waals surface area contributed by atoms with Crippen molar-refractivity contribution >= 4 is 17.3 Å². The molecule has 0 unspecified atom stereocenters. The van der Waals surface area contributed by atoms with Crippen LogP contribution < -0.4 is 0 Å². The monoisotopic (exact) mass is 180 g/mol. The molecule has 2 nitrogen and oxygen atoms in total. The van der Waals surface area contributed by atoms with Gasteiger partial charge in [-0.3, -0.25) is 17.8 Å².